The van der Waals surface area contributed by atoms with Crippen molar-refractivity contribution in [2.45, 2.75) is 12.8 Å². The second-order valence-corrected chi connectivity index (χ2v) is 2.87. The van der Waals surface area contributed by atoms with Crippen LogP contribution in [-0.4, -0.2) is 37.0 Å². The van der Waals surface area contributed by atoms with Gasteiger partial charge >= 0.3 is 0 Å². The summed E-state index contributed by atoms with van der Waals surface area (Å²) in [4.78, 5) is 13.1. The average Bonchev–Trinajstić information content (AvgIpc) is 2.09. The van der Waals surface area contributed by atoms with E-state index < -0.39 is 0 Å². The Balaban J connectivity index is 2.21. The predicted octanol–water partition coefficient (Wildman–Crippen LogP) is -0.168. The zero-order valence-corrected chi connectivity index (χ0v) is 7.18. The van der Waals surface area contributed by atoms with Gasteiger partial charge < -0.3 is 10.2 Å². The minimum atomic E-state index is 0.193. The van der Waals surface area contributed by atoms with Crippen molar-refractivity contribution in [1.82, 2.24) is 10.2 Å². The second kappa shape index (κ2) is 4.78. The third-order valence-corrected chi connectivity index (χ3v) is 1.94. The topological polar surface area (TPSA) is 32.3 Å². The molecule has 0 bridgehead atoms. The molecule has 0 aromatic heterocycles. The minimum Gasteiger partial charge on any atom is -0.340 e. The van der Waals surface area contributed by atoms with Gasteiger partial charge in [-0.15, -0.1) is 12.3 Å². The van der Waals surface area contributed by atoms with Crippen LogP contribution in [0.2, 0.25) is 0 Å². The van der Waals surface area contributed by atoms with Gasteiger partial charge in [0, 0.05) is 26.1 Å². The van der Waals surface area contributed by atoms with E-state index in [1.807, 2.05) is 4.90 Å². The molecule has 0 unspecified atom stereocenters. The van der Waals surface area contributed by atoms with Crippen LogP contribution in [0.15, 0.2) is 0 Å². The van der Waals surface area contributed by atoms with Crippen molar-refractivity contribution >= 4 is 5.91 Å². The van der Waals surface area contributed by atoms with Crippen LogP contribution in [0.1, 0.15) is 12.8 Å². The molecule has 3 nitrogen and oxygen atoms in total. The van der Waals surface area contributed by atoms with E-state index >= 15 is 0 Å². The summed E-state index contributed by atoms with van der Waals surface area (Å²) < 4.78 is 0. The number of nitrogens with one attached hydrogen (secondary N) is 1. The molecule has 0 radical (unpaired) electrons. The molecule has 66 valence electrons. The summed E-state index contributed by atoms with van der Waals surface area (Å²) >= 11 is 0. The maximum Gasteiger partial charge on any atom is 0.236 e. The Hall–Kier alpha value is -1.01. The molecule has 0 aromatic rings. The first-order valence-corrected chi connectivity index (χ1v) is 4.26. The van der Waals surface area contributed by atoms with Crippen molar-refractivity contribution < 1.29 is 4.79 Å². The first-order chi connectivity index (χ1) is 5.84. The highest BCUT2D eigenvalue weighted by Crippen LogP contribution is 1.97. The molecule has 1 aliphatic heterocycles. The number of hydrogen-bond acceptors (Lipinski definition) is 2. The summed E-state index contributed by atoms with van der Waals surface area (Å²) in [5.41, 5.74) is 0. The Morgan fingerprint density at radius 2 is 2.50 bits per heavy atom. The quantitative estimate of drug-likeness (QED) is 0.466. The second-order valence-electron chi connectivity index (χ2n) is 2.87. The predicted molar refractivity (Wildman–Crippen MR) is 47.5 cm³/mol. The Morgan fingerprint density at radius 3 is 3.17 bits per heavy atom. The first-order valence-electron chi connectivity index (χ1n) is 4.26. The van der Waals surface area contributed by atoms with E-state index in [0.29, 0.717) is 6.54 Å². The van der Waals surface area contributed by atoms with Crippen LogP contribution in [0, 0.1) is 12.3 Å². The van der Waals surface area contributed by atoms with Gasteiger partial charge in [-0.1, -0.05) is 0 Å². The molecule has 0 spiro atoms. The molecule has 1 aliphatic rings. The van der Waals surface area contributed by atoms with Crippen molar-refractivity contribution in [1.29, 1.82) is 0 Å². The number of piperazine rings is 1. The van der Waals surface area contributed by atoms with E-state index in [2.05, 4.69) is 11.2 Å². The third kappa shape index (κ3) is 2.55. The van der Waals surface area contributed by atoms with Crippen LogP contribution in [0.4, 0.5) is 0 Å². The number of terminal acetylenes is 1. The summed E-state index contributed by atoms with van der Waals surface area (Å²) in [6.07, 6.45) is 6.79. The standard InChI is InChI=1S/C9H14N2O/c1-2-3-4-6-11-7-5-10-8-9(11)12/h1,10H,3-8H2. The van der Waals surface area contributed by atoms with Gasteiger partial charge in [0.25, 0.3) is 0 Å². The zero-order chi connectivity index (χ0) is 8.81. The SMILES string of the molecule is C#CCCCN1CCNCC1=O. The van der Waals surface area contributed by atoms with Crippen LogP contribution in [0.3, 0.4) is 0 Å². The normalized spacial score (nSPS) is 17.6. The largest absolute Gasteiger partial charge is 0.340 e. The summed E-state index contributed by atoms with van der Waals surface area (Å²) in [7, 11) is 0. The molecule has 1 fully saturated rings. The monoisotopic (exact) mass is 166 g/mol. The first kappa shape index (κ1) is 9.08. The molecule has 0 atom stereocenters. The van der Waals surface area contributed by atoms with E-state index in [9.17, 15) is 4.79 Å². The molecule has 1 amide bonds. The average molecular weight is 166 g/mol. The van der Waals surface area contributed by atoms with Crippen molar-refractivity contribution in [2.24, 2.45) is 0 Å². The lowest BCUT2D eigenvalue weighted by Gasteiger charge is -2.26. The third-order valence-electron chi connectivity index (χ3n) is 1.94. The van der Waals surface area contributed by atoms with Gasteiger partial charge in [-0.2, -0.15) is 0 Å². The molecule has 1 saturated heterocycles. The van der Waals surface area contributed by atoms with Crippen molar-refractivity contribution in [3.05, 3.63) is 0 Å². The lowest BCUT2D eigenvalue weighted by Crippen LogP contribution is -2.48. The number of amides is 1. The Bertz CT molecular complexity index is 195. The Morgan fingerprint density at radius 1 is 1.67 bits per heavy atom. The fraction of sp³-hybridized carbons (Fsp3) is 0.667. The number of hydrogen-bond donors (Lipinski definition) is 1. The van der Waals surface area contributed by atoms with Crippen LogP contribution < -0.4 is 5.32 Å². The molecule has 0 aliphatic carbocycles. The van der Waals surface area contributed by atoms with Crippen molar-refractivity contribution in [3.8, 4) is 12.3 Å². The fourth-order valence-electron chi connectivity index (χ4n) is 1.25. The van der Waals surface area contributed by atoms with Gasteiger partial charge in [0.2, 0.25) is 5.91 Å². The van der Waals surface area contributed by atoms with Crippen LogP contribution in [-0.2, 0) is 4.79 Å². The van der Waals surface area contributed by atoms with E-state index in [1.54, 1.807) is 0 Å². The lowest BCUT2D eigenvalue weighted by atomic mass is 10.2. The molecule has 1 N–H and O–H groups in total. The molecule has 1 heterocycles. The number of unbranched alkanes of at least 4 members (excludes halogenated alkanes) is 1. The van der Waals surface area contributed by atoms with Crippen LogP contribution in [0.5, 0.6) is 0 Å². The summed E-state index contributed by atoms with van der Waals surface area (Å²) in [6, 6.07) is 0. The van der Waals surface area contributed by atoms with Gasteiger partial charge in [-0.3, -0.25) is 4.79 Å². The van der Waals surface area contributed by atoms with Crippen LogP contribution in [0.25, 0.3) is 0 Å². The fourth-order valence-corrected chi connectivity index (χ4v) is 1.25. The maximum atomic E-state index is 11.2. The molecule has 0 aromatic carbocycles. The highest BCUT2D eigenvalue weighted by atomic mass is 16.2. The molecular weight excluding hydrogens is 152 g/mol. The van der Waals surface area contributed by atoms with Gasteiger partial charge in [0.1, 0.15) is 0 Å². The molecule has 1 rings (SSSR count). The maximum absolute atomic E-state index is 11.2. The number of carbonyl (C=O) groups excluding carboxylic acids is 1. The molecular formula is C9H14N2O. The van der Waals surface area contributed by atoms with E-state index in [1.165, 1.54) is 0 Å². The van der Waals surface area contributed by atoms with Gasteiger partial charge in [0.05, 0.1) is 6.54 Å². The Kier molecular flexibility index (Phi) is 3.62. The lowest BCUT2D eigenvalue weighted by molar-refractivity contribution is -0.131. The van der Waals surface area contributed by atoms with Crippen molar-refractivity contribution in [2.75, 3.05) is 26.2 Å². The van der Waals surface area contributed by atoms with Crippen LogP contribution >= 0.6 is 0 Å². The van der Waals surface area contributed by atoms with Gasteiger partial charge in [-0.25, -0.2) is 0 Å². The number of rotatable bonds is 3. The number of carbonyl (C=O) groups is 1. The number of nitrogens with zero attached hydrogens (tertiary/aromatic N) is 1. The zero-order valence-electron chi connectivity index (χ0n) is 7.18. The smallest absolute Gasteiger partial charge is 0.236 e. The van der Waals surface area contributed by atoms with Gasteiger partial charge in [-0.05, 0) is 6.42 Å². The molecule has 3 heteroatoms. The van der Waals surface area contributed by atoms with E-state index in [4.69, 9.17) is 6.42 Å². The summed E-state index contributed by atoms with van der Waals surface area (Å²) in [6.45, 7) is 3.02. The highest BCUT2D eigenvalue weighted by molar-refractivity contribution is 5.78. The highest BCUT2D eigenvalue weighted by Gasteiger charge is 2.15. The van der Waals surface area contributed by atoms with E-state index in [0.717, 1.165) is 32.5 Å². The van der Waals surface area contributed by atoms with E-state index in [-0.39, 0.29) is 5.91 Å². The molecule has 12 heavy (non-hydrogen) atoms. The summed E-state index contributed by atoms with van der Waals surface area (Å²) in [5.74, 6) is 2.76. The molecule has 0 saturated carbocycles. The Labute approximate surface area is 73.1 Å². The van der Waals surface area contributed by atoms with Gasteiger partial charge in [0.15, 0.2) is 0 Å². The minimum absolute atomic E-state index is 0.193. The summed E-state index contributed by atoms with van der Waals surface area (Å²) in [5, 5.41) is 3.02. The van der Waals surface area contributed by atoms with Crippen molar-refractivity contribution in [3.63, 3.8) is 0 Å².